The second-order valence-electron chi connectivity index (χ2n) is 7.07. The van der Waals surface area contributed by atoms with Gasteiger partial charge in [0.05, 0.1) is 5.92 Å². The Morgan fingerprint density at radius 3 is 2.19 bits per heavy atom. The van der Waals surface area contributed by atoms with E-state index in [1.165, 1.54) is 12.8 Å². The van der Waals surface area contributed by atoms with Crippen LogP contribution in [0, 0.1) is 23.7 Å². The maximum absolute atomic E-state index is 12.4. The lowest BCUT2D eigenvalue weighted by Crippen LogP contribution is -2.25. The van der Waals surface area contributed by atoms with Gasteiger partial charge in [0, 0.05) is 12.6 Å². The molecule has 0 unspecified atom stereocenters. The number of hydrogen-bond acceptors (Lipinski definition) is 2. The van der Waals surface area contributed by atoms with Gasteiger partial charge in [-0.1, -0.05) is 49.8 Å². The van der Waals surface area contributed by atoms with Crippen molar-refractivity contribution < 1.29 is 11.0 Å². The highest BCUT2D eigenvalue weighted by atomic mass is 16.5. The van der Waals surface area contributed by atoms with Crippen molar-refractivity contribution in [1.29, 1.82) is 0 Å². The van der Waals surface area contributed by atoms with E-state index in [-0.39, 0.29) is 13.3 Å². The van der Waals surface area contributed by atoms with E-state index < -0.39 is 0 Å². The molecule has 1 aliphatic carbocycles. The van der Waals surface area contributed by atoms with Crippen molar-refractivity contribution in [3.8, 4) is 17.6 Å². The Labute approximate surface area is 158 Å². The SMILES string of the molecule is CCCC1CCC(C(=O)Oc2ccc(C#Cc3ccccc3)cc2)CC1.[HH]. The van der Waals surface area contributed by atoms with Crippen LogP contribution in [0.1, 0.15) is 58.0 Å². The standard InChI is InChI=1S/C24H26O2.H2/c1-2-6-19-11-15-22(16-12-19)24(25)26-23-17-13-21(14-18-23)10-9-20-7-4-3-5-8-20;/h3-5,7-8,13-14,17-19,22H,2,6,11-12,15-16H2,1H3;1H. The summed E-state index contributed by atoms with van der Waals surface area (Å²) in [7, 11) is 0. The quantitative estimate of drug-likeness (QED) is 0.394. The van der Waals surface area contributed by atoms with E-state index in [1.807, 2.05) is 54.6 Å². The van der Waals surface area contributed by atoms with Gasteiger partial charge < -0.3 is 4.74 Å². The lowest BCUT2D eigenvalue weighted by Gasteiger charge is -2.26. The summed E-state index contributed by atoms with van der Waals surface area (Å²) in [6, 6.07) is 17.4. The van der Waals surface area contributed by atoms with Gasteiger partial charge in [0.2, 0.25) is 0 Å². The maximum atomic E-state index is 12.4. The third kappa shape index (κ3) is 5.23. The smallest absolute Gasteiger partial charge is 0.314 e. The molecule has 0 N–H and O–H groups in total. The predicted molar refractivity (Wildman–Crippen MR) is 107 cm³/mol. The third-order valence-corrected chi connectivity index (χ3v) is 5.07. The molecule has 1 aliphatic rings. The lowest BCUT2D eigenvalue weighted by molar-refractivity contribution is -0.140. The molecule has 26 heavy (non-hydrogen) atoms. The summed E-state index contributed by atoms with van der Waals surface area (Å²) in [6.07, 6.45) is 6.75. The van der Waals surface area contributed by atoms with Gasteiger partial charge in [-0.2, -0.15) is 0 Å². The normalized spacial score (nSPS) is 19.3. The summed E-state index contributed by atoms with van der Waals surface area (Å²) in [5.41, 5.74) is 1.90. The molecule has 0 bridgehead atoms. The topological polar surface area (TPSA) is 26.3 Å². The molecule has 2 nitrogen and oxygen atoms in total. The van der Waals surface area contributed by atoms with Gasteiger partial charge in [-0.3, -0.25) is 4.79 Å². The summed E-state index contributed by atoms with van der Waals surface area (Å²) in [6.45, 7) is 2.23. The zero-order valence-electron chi connectivity index (χ0n) is 15.4. The summed E-state index contributed by atoms with van der Waals surface area (Å²) < 4.78 is 5.58. The molecule has 0 heterocycles. The fourth-order valence-corrected chi connectivity index (χ4v) is 3.57. The first-order valence-corrected chi connectivity index (χ1v) is 9.63. The van der Waals surface area contributed by atoms with Crippen molar-refractivity contribution in [1.82, 2.24) is 0 Å². The monoisotopic (exact) mass is 348 g/mol. The Morgan fingerprint density at radius 1 is 0.962 bits per heavy atom. The molecule has 0 saturated heterocycles. The summed E-state index contributed by atoms with van der Waals surface area (Å²) in [4.78, 5) is 12.4. The molecule has 0 radical (unpaired) electrons. The molecule has 136 valence electrons. The Balaban J connectivity index is 0.00000261. The molecular formula is C24H28O2. The molecule has 0 spiro atoms. The van der Waals surface area contributed by atoms with Crippen molar-refractivity contribution in [2.45, 2.75) is 45.4 Å². The predicted octanol–water partition coefficient (Wildman–Crippen LogP) is 5.84. The van der Waals surface area contributed by atoms with Crippen LogP contribution in [-0.4, -0.2) is 5.97 Å². The average Bonchev–Trinajstić information content (AvgIpc) is 2.69. The van der Waals surface area contributed by atoms with Gasteiger partial charge in [0.25, 0.3) is 0 Å². The maximum Gasteiger partial charge on any atom is 0.314 e. The van der Waals surface area contributed by atoms with Crippen molar-refractivity contribution in [2.24, 2.45) is 11.8 Å². The molecule has 0 amide bonds. The Bertz CT molecular complexity index is 764. The minimum absolute atomic E-state index is 0. The first-order valence-electron chi connectivity index (χ1n) is 9.63. The van der Waals surface area contributed by atoms with E-state index in [2.05, 4.69) is 18.8 Å². The first kappa shape index (κ1) is 18.3. The van der Waals surface area contributed by atoms with Crippen LogP contribution in [0.3, 0.4) is 0 Å². The van der Waals surface area contributed by atoms with Gasteiger partial charge in [-0.25, -0.2) is 0 Å². The molecule has 1 saturated carbocycles. The van der Waals surface area contributed by atoms with Crippen LogP contribution in [0.4, 0.5) is 0 Å². The fraction of sp³-hybridized carbons (Fsp3) is 0.375. The van der Waals surface area contributed by atoms with Crippen LogP contribution in [0.2, 0.25) is 0 Å². The van der Waals surface area contributed by atoms with Gasteiger partial charge in [-0.05, 0) is 68.0 Å². The molecule has 1 fully saturated rings. The highest BCUT2D eigenvalue weighted by Crippen LogP contribution is 2.32. The van der Waals surface area contributed by atoms with E-state index in [4.69, 9.17) is 4.74 Å². The number of carbonyl (C=O) groups is 1. The second kappa shape index (κ2) is 9.25. The van der Waals surface area contributed by atoms with Gasteiger partial charge >= 0.3 is 5.97 Å². The molecule has 3 rings (SSSR count). The molecular weight excluding hydrogens is 320 g/mol. The van der Waals surface area contributed by atoms with Gasteiger partial charge in [0.15, 0.2) is 0 Å². The molecule has 0 atom stereocenters. The molecule has 2 aromatic carbocycles. The minimum atomic E-state index is -0.0805. The van der Waals surface area contributed by atoms with E-state index in [1.54, 1.807) is 0 Å². The van der Waals surface area contributed by atoms with E-state index in [9.17, 15) is 4.79 Å². The molecule has 2 aromatic rings. The lowest BCUT2D eigenvalue weighted by atomic mass is 9.80. The van der Waals surface area contributed by atoms with Crippen LogP contribution in [0.25, 0.3) is 0 Å². The Morgan fingerprint density at radius 2 is 1.58 bits per heavy atom. The highest BCUT2D eigenvalue weighted by Gasteiger charge is 2.27. The number of esters is 1. The molecule has 2 heteroatoms. The summed E-state index contributed by atoms with van der Waals surface area (Å²) in [5.74, 6) is 7.64. The number of carbonyl (C=O) groups excluding carboxylic acids is 1. The van der Waals surface area contributed by atoms with Crippen molar-refractivity contribution in [2.75, 3.05) is 0 Å². The number of benzene rings is 2. The Hall–Kier alpha value is -2.53. The Kier molecular flexibility index (Phi) is 6.50. The van der Waals surface area contributed by atoms with Crippen LogP contribution in [0.15, 0.2) is 54.6 Å². The number of rotatable bonds is 4. The zero-order valence-corrected chi connectivity index (χ0v) is 15.4. The minimum Gasteiger partial charge on any atom is -0.426 e. The largest absolute Gasteiger partial charge is 0.426 e. The first-order chi connectivity index (χ1) is 12.7. The van der Waals surface area contributed by atoms with Crippen molar-refractivity contribution in [3.05, 3.63) is 65.7 Å². The third-order valence-electron chi connectivity index (χ3n) is 5.07. The zero-order chi connectivity index (χ0) is 18.2. The fourth-order valence-electron chi connectivity index (χ4n) is 3.57. The summed E-state index contributed by atoms with van der Waals surface area (Å²) >= 11 is 0. The molecule has 0 aromatic heterocycles. The van der Waals surface area contributed by atoms with E-state index in [0.29, 0.717) is 5.75 Å². The second-order valence-corrected chi connectivity index (χ2v) is 7.07. The van der Waals surface area contributed by atoms with Gasteiger partial charge in [-0.15, -0.1) is 0 Å². The highest BCUT2D eigenvalue weighted by molar-refractivity contribution is 5.75. The van der Waals surface area contributed by atoms with Crippen LogP contribution >= 0.6 is 0 Å². The average molecular weight is 348 g/mol. The number of ether oxygens (including phenoxy) is 1. The number of hydrogen-bond donors (Lipinski definition) is 0. The van der Waals surface area contributed by atoms with Gasteiger partial charge in [0.1, 0.15) is 5.75 Å². The van der Waals surface area contributed by atoms with E-state index in [0.717, 1.165) is 42.7 Å². The van der Waals surface area contributed by atoms with Crippen LogP contribution in [0.5, 0.6) is 5.75 Å². The van der Waals surface area contributed by atoms with Crippen molar-refractivity contribution in [3.63, 3.8) is 0 Å². The van der Waals surface area contributed by atoms with Crippen LogP contribution in [-0.2, 0) is 4.79 Å². The summed E-state index contributed by atoms with van der Waals surface area (Å²) in [5, 5.41) is 0. The molecule has 0 aliphatic heterocycles. The van der Waals surface area contributed by atoms with Crippen molar-refractivity contribution >= 4 is 5.97 Å². The van der Waals surface area contributed by atoms with E-state index >= 15 is 0 Å². The van der Waals surface area contributed by atoms with Crippen LogP contribution < -0.4 is 4.74 Å².